The fourth-order valence-corrected chi connectivity index (χ4v) is 3.82. The number of carbonyl (C=O) groups is 1. The number of ether oxygens (including phenoxy) is 2. The van der Waals surface area contributed by atoms with Crippen LogP contribution in [0.3, 0.4) is 0 Å². The Morgan fingerprint density at radius 1 is 1.37 bits per heavy atom. The molecule has 1 saturated carbocycles. The Morgan fingerprint density at radius 3 is 2.78 bits per heavy atom. The molecular formula is C19H22FN3O4. The zero-order valence-electron chi connectivity index (χ0n) is 15.3. The van der Waals surface area contributed by atoms with E-state index >= 15 is 4.39 Å². The third-order valence-electron chi connectivity index (χ3n) is 5.17. The van der Waals surface area contributed by atoms with Gasteiger partial charge in [0.2, 0.25) is 5.43 Å². The van der Waals surface area contributed by atoms with E-state index in [4.69, 9.17) is 9.47 Å². The van der Waals surface area contributed by atoms with Gasteiger partial charge in [0.05, 0.1) is 24.2 Å². The molecule has 0 amide bonds. The number of benzene rings is 1. The molecule has 4 rings (SSSR count). The predicted molar refractivity (Wildman–Crippen MR) is 99.4 cm³/mol. The zero-order valence-corrected chi connectivity index (χ0v) is 15.3. The summed E-state index contributed by atoms with van der Waals surface area (Å²) < 4.78 is 27.5. The first-order chi connectivity index (χ1) is 13.0. The van der Waals surface area contributed by atoms with E-state index < -0.39 is 11.2 Å². The van der Waals surface area contributed by atoms with E-state index in [9.17, 15) is 9.59 Å². The standard InChI is InChI=1S/C19H22FN3O4/c1-11-8-22(6-5-21-11)17-14(20)7-13-16(19(17)26-2)23(12-3-4-12)9-15(18(13)25)27-10-24/h7,9-12,21H,3-6,8H2,1-2H3. The van der Waals surface area contributed by atoms with Crippen LogP contribution in [0.5, 0.6) is 11.5 Å². The molecule has 1 aliphatic heterocycles. The van der Waals surface area contributed by atoms with Crippen molar-refractivity contribution in [1.82, 2.24) is 9.88 Å². The molecule has 2 heterocycles. The maximum atomic E-state index is 15.1. The molecule has 2 aromatic rings. The maximum absolute atomic E-state index is 15.1. The number of piperazine rings is 1. The normalized spacial score (nSPS) is 20.0. The lowest BCUT2D eigenvalue weighted by Crippen LogP contribution is -2.49. The van der Waals surface area contributed by atoms with Gasteiger partial charge in [0.15, 0.2) is 17.3 Å². The number of anilines is 1. The van der Waals surface area contributed by atoms with Gasteiger partial charge in [-0.3, -0.25) is 9.59 Å². The van der Waals surface area contributed by atoms with Crippen molar-refractivity contribution >= 4 is 23.1 Å². The molecule has 1 aromatic heterocycles. The maximum Gasteiger partial charge on any atom is 0.298 e. The number of fused-ring (bicyclic) bond motifs is 1. The van der Waals surface area contributed by atoms with Crippen molar-refractivity contribution in [1.29, 1.82) is 0 Å². The molecule has 7 nitrogen and oxygen atoms in total. The van der Waals surface area contributed by atoms with E-state index in [2.05, 4.69) is 5.32 Å². The number of nitrogens with one attached hydrogen (secondary N) is 1. The molecule has 1 saturated heterocycles. The van der Waals surface area contributed by atoms with E-state index in [0.29, 0.717) is 30.0 Å². The molecule has 1 aliphatic carbocycles. The largest absolute Gasteiger partial charge is 0.492 e. The number of carbonyl (C=O) groups excluding carboxylic acids is 1. The Kier molecular flexibility index (Phi) is 4.51. The summed E-state index contributed by atoms with van der Waals surface area (Å²) in [5.41, 5.74) is 0.397. The first-order valence-corrected chi connectivity index (χ1v) is 9.09. The highest BCUT2D eigenvalue weighted by Crippen LogP contribution is 2.44. The summed E-state index contributed by atoms with van der Waals surface area (Å²) in [6.07, 6.45) is 3.42. The average molecular weight is 375 g/mol. The fraction of sp³-hybridized carbons (Fsp3) is 0.474. The van der Waals surface area contributed by atoms with Gasteiger partial charge in [0, 0.05) is 31.7 Å². The van der Waals surface area contributed by atoms with Crippen molar-refractivity contribution in [3.8, 4) is 11.5 Å². The SMILES string of the molecule is COc1c(N2CCNC(C)C2)c(F)cc2c(=O)c(OC=O)cn(C3CC3)c12. The van der Waals surface area contributed by atoms with E-state index in [1.54, 1.807) is 0 Å². The summed E-state index contributed by atoms with van der Waals surface area (Å²) in [7, 11) is 1.49. The fourth-order valence-electron chi connectivity index (χ4n) is 3.82. The van der Waals surface area contributed by atoms with Gasteiger partial charge in [-0.05, 0) is 25.8 Å². The molecule has 2 fully saturated rings. The van der Waals surface area contributed by atoms with Gasteiger partial charge in [0.25, 0.3) is 6.47 Å². The molecule has 8 heteroatoms. The van der Waals surface area contributed by atoms with Gasteiger partial charge in [-0.25, -0.2) is 4.39 Å². The van der Waals surface area contributed by atoms with Crippen LogP contribution >= 0.6 is 0 Å². The Morgan fingerprint density at radius 2 is 2.15 bits per heavy atom. The summed E-state index contributed by atoms with van der Waals surface area (Å²) >= 11 is 0. The molecule has 0 radical (unpaired) electrons. The molecule has 1 aromatic carbocycles. The summed E-state index contributed by atoms with van der Waals surface area (Å²) in [4.78, 5) is 25.4. The number of aromatic nitrogens is 1. The lowest BCUT2D eigenvalue weighted by atomic mass is 10.1. The zero-order chi connectivity index (χ0) is 19.1. The van der Waals surface area contributed by atoms with Crippen molar-refractivity contribution in [2.45, 2.75) is 31.8 Å². The second-order valence-electron chi connectivity index (χ2n) is 7.11. The molecule has 0 bridgehead atoms. The molecule has 1 N–H and O–H groups in total. The Bertz CT molecular complexity index is 954. The van der Waals surface area contributed by atoms with Gasteiger partial charge >= 0.3 is 0 Å². The van der Waals surface area contributed by atoms with Crippen LogP contribution in [0.25, 0.3) is 10.9 Å². The topological polar surface area (TPSA) is 72.8 Å². The number of hydrogen-bond acceptors (Lipinski definition) is 6. The van der Waals surface area contributed by atoms with Crippen LogP contribution in [-0.4, -0.2) is 43.8 Å². The Hall–Kier alpha value is -2.61. The Labute approximate surface area is 155 Å². The van der Waals surface area contributed by atoms with Crippen LogP contribution in [0.15, 0.2) is 17.1 Å². The minimum Gasteiger partial charge on any atom is -0.492 e. The highest BCUT2D eigenvalue weighted by Gasteiger charge is 2.31. The third-order valence-corrected chi connectivity index (χ3v) is 5.17. The minimum absolute atomic E-state index is 0.102. The smallest absolute Gasteiger partial charge is 0.298 e. The van der Waals surface area contributed by atoms with Gasteiger partial charge in [0.1, 0.15) is 5.69 Å². The summed E-state index contributed by atoms with van der Waals surface area (Å²) in [5.74, 6) is -0.272. The summed E-state index contributed by atoms with van der Waals surface area (Å²) in [6.45, 7) is 4.27. The Balaban J connectivity index is 2.00. The van der Waals surface area contributed by atoms with Crippen molar-refractivity contribution in [3.05, 3.63) is 28.3 Å². The monoisotopic (exact) mass is 375 g/mol. The van der Waals surface area contributed by atoms with Crippen molar-refractivity contribution in [3.63, 3.8) is 0 Å². The highest BCUT2D eigenvalue weighted by atomic mass is 19.1. The lowest BCUT2D eigenvalue weighted by molar-refractivity contribution is -0.120. The van der Waals surface area contributed by atoms with Crippen LogP contribution < -0.4 is 25.1 Å². The number of halogens is 1. The van der Waals surface area contributed by atoms with Crippen molar-refractivity contribution in [2.24, 2.45) is 0 Å². The predicted octanol–water partition coefficient (Wildman–Crippen LogP) is 1.82. The summed E-state index contributed by atoms with van der Waals surface area (Å²) in [6, 6.07) is 1.63. The first-order valence-electron chi connectivity index (χ1n) is 9.09. The van der Waals surface area contributed by atoms with E-state index in [1.165, 1.54) is 19.4 Å². The van der Waals surface area contributed by atoms with Crippen LogP contribution in [0.4, 0.5) is 10.1 Å². The van der Waals surface area contributed by atoms with Crippen molar-refractivity contribution < 1.29 is 18.7 Å². The van der Waals surface area contributed by atoms with Gasteiger partial charge in [-0.1, -0.05) is 0 Å². The quantitative estimate of drug-likeness (QED) is 0.804. The van der Waals surface area contributed by atoms with Gasteiger partial charge in [-0.2, -0.15) is 0 Å². The molecule has 2 aliphatic rings. The minimum atomic E-state index is -0.522. The average Bonchev–Trinajstić information content (AvgIpc) is 3.48. The number of nitrogens with zero attached hydrogens (tertiary/aromatic N) is 2. The molecule has 144 valence electrons. The number of methoxy groups -OCH3 is 1. The van der Waals surface area contributed by atoms with E-state index in [-0.39, 0.29) is 29.7 Å². The number of pyridine rings is 1. The second-order valence-corrected chi connectivity index (χ2v) is 7.11. The van der Waals surface area contributed by atoms with Crippen LogP contribution in [-0.2, 0) is 4.79 Å². The second kappa shape index (κ2) is 6.84. The van der Waals surface area contributed by atoms with Crippen molar-refractivity contribution in [2.75, 3.05) is 31.6 Å². The lowest BCUT2D eigenvalue weighted by Gasteiger charge is -2.35. The van der Waals surface area contributed by atoms with E-state index in [1.807, 2.05) is 16.4 Å². The van der Waals surface area contributed by atoms with Crippen LogP contribution in [0.1, 0.15) is 25.8 Å². The van der Waals surface area contributed by atoms with Crippen LogP contribution in [0, 0.1) is 5.82 Å². The summed E-state index contributed by atoms with van der Waals surface area (Å²) in [5, 5.41) is 3.49. The molecule has 1 atom stereocenters. The number of rotatable bonds is 5. The van der Waals surface area contributed by atoms with Gasteiger partial charge < -0.3 is 24.3 Å². The first kappa shape index (κ1) is 17.8. The van der Waals surface area contributed by atoms with Gasteiger partial charge in [-0.15, -0.1) is 0 Å². The molecule has 1 unspecified atom stereocenters. The number of hydrogen-bond donors (Lipinski definition) is 1. The molecule has 0 spiro atoms. The van der Waals surface area contributed by atoms with E-state index in [0.717, 1.165) is 19.4 Å². The third kappa shape index (κ3) is 3.03. The molecule has 27 heavy (non-hydrogen) atoms. The highest BCUT2D eigenvalue weighted by molar-refractivity contribution is 5.92. The molecular weight excluding hydrogens is 353 g/mol. The van der Waals surface area contributed by atoms with Crippen LogP contribution in [0.2, 0.25) is 0 Å².